The predicted octanol–water partition coefficient (Wildman–Crippen LogP) is -5.35. The number of aliphatic hydroxyl groups is 7. The molecule has 10 N–H and O–H groups in total. The molecule has 0 saturated heterocycles. The van der Waals surface area contributed by atoms with Crippen molar-refractivity contribution in [2.45, 2.75) is 55.1 Å². The largest absolute Gasteiger partial charge is 0.396 e. The molecule has 13 heteroatoms. The Morgan fingerprint density at radius 1 is 1.07 bits per heavy atom. The molecule has 0 aromatic heterocycles. The Bertz CT molecular complexity index is 642. The summed E-state index contributed by atoms with van der Waals surface area (Å²) >= 11 is 0. The Balaban J connectivity index is 2.18. The fourth-order valence-corrected chi connectivity index (χ4v) is 4.11. The predicted molar refractivity (Wildman–Crippen MR) is 89.1 cm³/mol. The Kier molecular flexibility index (Phi) is 7.32. The zero-order chi connectivity index (χ0) is 20.5. The summed E-state index contributed by atoms with van der Waals surface area (Å²) in [7, 11) is -4.44. The van der Waals surface area contributed by atoms with Crippen molar-refractivity contribution in [3.05, 3.63) is 11.6 Å². The second kappa shape index (κ2) is 8.75. The van der Waals surface area contributed by atoms with E-state index in [2.05, 4.69) is 9.50 Å². The summed E-state index contributed by atoms with van der Waals surface area (Å²) in [5.74, 6) is -0.906. The molecule has 0 spiro atoms. The summed E-state index contributed by atoms with van der Waals surface area (Å²) in [5.41, 5.74) is 0.0605. The van der Waals surface area contributed by atoms with E-state index < -0.39 is 78.1 Å². The highest BCUT2D eigenvalue weighted by Gasteiger charge is 2.47. The van der Waals surface area contributed by atoms with Crippen LogP contribution in [0.15, 0.2) is 11.6 Å². The smallest absolute Gasteiger partial charge is 0.333 e. The van der Waals surface area contributed by atoms with Crippen LogP contribution >= 0.6 is 0 Å². The summed E-state index contributed by atoms with van der Waals surface area (Å²) in [6.07, 6.45) is -8.03. The molecule has 0 aromatic rings. The number of aliphatic hydroxyl groups excluding tert-OH is 7. The van der Waals surface area contributed by atoms with Crippen molar-refractivity contribution in [1.82, 2.24) is 5.32 Å². The molecule has 158 valence electrons. The van der Waals surface area contributed by atoms with Crippen LogP contribution in [0.1, 0.15) is 6.42 Å². The monoisotopic (exact) mass is 414 g/mol. The minimum absolute atomic E-state index is 0.0565. The number of hydrogen-bond acceptors (Lipinski definition) is 11. The van der Waals surface area contributed by atoms with Crippen molar-refractivity contribution in [1.29, 1.82) is 0 Å². The van der Waals surface area contributed by atoms with Crippen LogP contribution in [0.5, 0.6) is 0 Å². The number of nitrogens with one attached hydrogen (secondary N) is 1. The van der Waals surface area contributed by atoms with E-state index >= 15 is 0 Å². The van der Waals surface area contributed by atoms with Crippen LogP contribution in [0, 0.1) is 5.92 Å². The van der Waals surface area contributed by atoms with Gasteiger partial charge in [-0.15, -0.1) is 0 Å². The van der Waals surface area contributed by atoms with Gasteiger partial charge in [-0.3, -0.25) is 4.18 Å². The molecule has 0 aliphatic heterocycles. The molecule has 0 amide bonds. The molecule has 0 heterocycles. The van der Waals surface area contributed by atoms with Gasteiger partial charge in [0, 0.05) is 18.6 Å². The van der Waals surface area contributed by atoms with E-state index in [9.17, 15) is 44.2 Å². The van der Waals surface area contributed by atoms with Crippen LogP contribution in [0.25, 0.3) is 0 Å². The first-order valence-corrected chi connectivity index (χ1v) is 9.77. The van der Waals surface area contributed by atoms with Crippen LogP contribution in [0.2, 0.25) is 0 Å². The van der Waals surface area contributed by atoms with Crippen molar-refractivity contribution in [2.75, 3.05) is 13.2 Å². The fourth-order valence-electron chi connectivity index (χ4n) is 3.53. The second-order valence-corrected chi connectivity index (χ2v) is 8.02. The van der Waals surface area contributed by atoms with Crippen molar-refractivity contribution in [3.63, 3.8) is 0 Å². The lowest BCUT2D eigenvalue weighted by Crippen LogP contribution is -2.64. The number of rotatable bonds is 6. The first-order chi connectivity index (χ1) is 12.5. The summed E-state index contributed by atoms with van der Waals surface area (Å²) in [6.45, 7) is -1.14. The van der Waals surface area contributed by atoms with E-state index in [1.807, 2.05) is 0 Å². The molecule has 1 fully saturated rings. The number of hydrogen-bond donors (Lipinski definition) is 9. The van der Waals surface area contributed by atoms with Gasteiger partial charge in [0.05, 0.1) is 18.8 Å². The maximum atomic E-state index is 11.1. The molecule has 12 nitrogen and oxygen atoms in total. The SMILES string of the molecule is NS(=O)(=O)O[C@@H]1[C@@H](CO)C[C@H](N[C@H]2C=C(CO)[C@@H](O)[C@H](O)[C@H]2O)[C@H](O)[C@H]1O. The van der Waals surface area contributed by atoms with E-state index in [1.165, 1.54) is 6.08 Å². The summed E-state index contributed by atoms with van der Waals surface area (Å²) in [6, 6.07) is -1.93. The quantitative estimate of drug-likeness (QED) is 0.187. The molecular formula is C14H26N2O10S. The highest BCUT2D eigenvalue weighted by Crippen LogP contribution is 2.30. The highest BCUT2D eigenvalue weighted by atomic mass is 32.2. The minimum atomic E-state index is -4.44. The molecule has 0 radical (unpaired) electrons. The van der Waals surface area contributed by atoms with Crippen LogP contribution in [0.3, 0.4) is 0 Å². The maximum Gasteiger partial charge on any atom is 0.333 e. The standard InChI is InChI=1S/C14H26N2O10S/c15-27(24,25)26-14-6(4-18)2-8(11(21)13(14)23)16-7-1-5(3-17)9(19)12(22)10(7)20/h1,6-14,16-23H,2-4H2,(H2,15,24,25)/t6-,7+,8+,9-,10+,11+,12+,13-,14-/m1/s1. The summed E-state index contributed by atoms with van der Waals surface area (Å²) in [4.78, 5) is 0. The lowest BCUT2D eigenvalue weighted by atomic mass is 9.78. The van der Waals surface area contributed by atoms with Crippen molar-refractivity contribution < 1.29 is 48.3 Å². The zero-order valence-corrected chi connectivity index (χ0v) is 15.1. The molecule has 0 unspecified atom stereocenters. The van der Waals surface area contributed by atoms with Gasteiger partial charge in [-0.25, -0.2) is 5.14 Å². The van der Waals surface area contributed by atoms with Gasteiger partial charge >= 0.3 is 10.3 Å². The Hall–Kier alpha value is -0.710. The first-order valence-electron chi connectivity index (χ1n) is 8.29. The van der Waals surface area contributed by atoms with Gasteiger partial charge in [0.25, 0.3) is 0 Å². The van der Waals surface area contributed by atoms with E-state index in [1.54, 1.807) is 0 Å². The van der Waals surface area contributed by atoms with E-state index in [4.69, 9.17) is 5.14 Å². The van der Waals surface area contributed by atoms with Gasteiger partial charge in [0.1, 0.15) is 30.5 Å². The normalized spacial score (nSPS) is 43.4. The van der Waals surface area contributed by atoms with Crippen LogP contribution < -0.4 is 10.5 Å². The topological polar surface area (TPSA) is 223 Å². The molecule has 27 heavy (non-hydrogen) atoms. The Morgan fingerprint density at radius 2 is 1.70 bits per heavy atom. The van der Waals surface area contributed by atoms with Crippen LogP contribution in [0.4, 0.5) is 0 Å². The Morgan fingerprint density at radius 3 is 2.22 bits per heavy atom. The maximum absolute atomic E-state index is 11.1. The Labute approximate surface area is 155 Å². The van der Waals surface area contributed by atoms with Crippen molar-refractivity contribution in [2.24, 2.45) is 11.1 Å². The van der Waals surface area contributed by atoms with Gasteiger partial charge < -0.3 is 41.1 Å². The molecule has 1 saturated carbocycles. The average Bonchev–Trinajstić information content (AvgIpc) is 2.60. The summed E-state index contributed by atoms with van der Waals surface area (Å²) < 4.78 is 26.9. The molecule has 2 aliphatic rings. The van der Waals surface area contributed by atoms with Gasteiger partial charge in [-0.1, -0.05) is 6.08 Å². The molecule has 0 aromatic carbocycles. The zero-order valence-electron chi connectivity index (χ0n) is 14.2. The minimum Gasteiger partial charge on any atom is -0.396 e. The molecule has 0 bridgehead atoms. The van der Waals surface area contributed by atoms with Gasteiger partial charge in [-0.2, -0.15) is 8.42 Å². The van der Waals surface area contributed by atoms with E-state index in [0.29, 0.717) is 0 Å². The molecule has 9 atom stereocenters. The third-order valence-corrected chi connectivity index (χ3v) is 5.49. The highest BCUT2D eigenvalue weighted by molar-refractivity contribution is 7.84. The van der Waals surface area contributed by atoms with Gasteiger partial charge in [0.15, 0.2) is 0 Å². The number of nitrogens with two attached hydrogens (primary N) is 1. The second-order valence-electron chi connectivity index (χ2n) is 6.84. The van der Waals surface area contributed by atoms with Crippen molar-refractivity contribution in [3.8, 4) is 0 Å². The molecular weight excluding hydrogens is 388 g/mol. The van der Waals surface area contributed by atoms with Gasteiger partial charge in [0.2, 0.25) is 0 Å². The van der Waals surface area contributed by atoms with Crippen molar-refractivity contribution >= 4 is 10.3 Å². The third-order valence-electron chi connectivity index (χ3n) is 5.00. The van der Waals surface area contributed by atoms with Crippen LogP contribution in [-0.2, 0) is 14.5 Å². The van der Waals surface area contributed by atoms with E-state index in [-0.39, 0.29) is 12.0 Å². The lowest BCUT2D eigenvalue weighted by molar-refractivity contribution is -0.124. The molecule has 2 rings (SSSR count). The summed E-state index contributed by atoms with van der Waals surface area (Å²) in [5, 5.41) is 76.6. The average molecular weight is 414 g/mol. The van der Waals surface area contributed by atoms with Crippen LogP contribution in [-0.4, -0.2) is 106 Å². The fraction of sp³-hybridized carbons (Fsp3) is 0.857. The lowest BCUT2D eigenvalue weighted by Gasteiger charge is -2.44. The third kappa shape index (κ3) is 5.02. The molecule has 2 aliphatic carbocycles. The van der Waals surface area contributed by atoms with E-state index in [0.717, 1.165) is 0 Å². The first kappa shape index (κ1) is 22.6. The van der Waals surface area contributed by atoms with Gasteiger partial charge in [-0.05, 0) is 12.0 Å².